The summed E-state index contributed by atoms with van der Waals surface area (Å²) >= 11 is 5.85. The molecule has 0 bridgehead atoms. The average Bonchev–Trinajstić information content (AvgIpc) is 2.42. The second kappa shape index (κ2) is 7.36. The molecule has 1 atom stereocenters. The van der Waals surface area contributed by atoms with Gasteiger partial charge in [-0.3, -0.25) is 11.3 Å². The Hall–Kier alpha value is -1.69. The third-order valence-corrected chi connectivity index (χ3v) is 3.12. The van der Waals surface area contributed by atoms with Gasteiger partial charge in [-0.15, -0.1) is 0 Å². The van der Waals surface area contributed by atoms with E-state index in [-0.39, 0.29) is 12.6 Å². The van der Waals surface area contributed by atoms with Crippen LogP contribution in [0.15, 0.2) is 42.5 Å². The quantitative estimate of drug-likeness (QED) is 0.636. The lowest BCUT2D eigenvalue weighted by atomic mass is 10.1. The number of nitrogens with one attached hydrogen (secondary N) is 1. The summed E-state index contributed by atoms with van der Waals surface area (Å²) in [5.74, 6) is 4.82. The highest BCUT2D eigenvalue weighted by molar-refractivity contribution is 6.30. The normalized spacial score (nSPS) is 12.2. The van der Waals surface area contributed by atoms with Crippen molar-refractivity contribution in [2.24, 2.45) is 5.84 Å². The van der Waals surface area contributed by atoms with Crippen molar-refractivity contribution in [2.45, 2.75) is 12.5 Å². The van der Waals surface area contributed by atoms with Gasteiger partial charge in [0.2, 0.25) is 0 Å². The van der Waals surface area contributed by atoms with E-state index in [9.17, 15) is 8.78 Å². The summed E-state index contributed by atoms with van der Waals surface area (Å²) in [4.78, 5) is 0. The van der Waals surface area contributed by atoms with E-state index in [1.165, 1.54) is 12.1 Å². The van der Waals surface area contributed by atoms with Gasteiger partial charge in [-0.2, -0.15) is 0 Å². The molecule has 0 saturated carbocycles. The lowest BCUT2D eigenvalue weighted by molar-refractivity contribution is 0.264. The van der Waals surface area contributed by atoms with Gasteiger partial charge in [0.15, 0.2) is 0 Å². The molecule has 0 saturated heterocycles. The molecule has 112 valence electrons. The van der Waals surface area contributed by atoms with Gasteiger partial charge in [0.05, 0.1) is 6.04 Å². The van der Waals surface area contributed by atoms with Crippen molar-refractivity contribution in [1.29, 1.82) is 0 Å². The highest BCUT2D eigenvalue weighted by Gasteiger charge is 2.11. The summed E-state index contributed by atoms with van der Waals surface area (Å²) in [6, 6.07) is 10.0. The summed E-state index contributed by atoms with van der Waals surface area (Å²) in [7, 11) is 0. The Labute approximate surface area is 126 Å². The fourth-order valence-electron chi connectivity index (χ4n) is 1.93. The standard InChI is InChI=1S/C15H15ClF2N2O/c16-11-2-1-3-15(7-11)21-9-14(20-19)6-10-4-12(17)8-13(18)5-10/h1-5,7-8,14,20H,6,9,19H2. The predicted octanol–water partition coefficient (Wildman–Crippen LogP) is 3.07. The zero-order valence-corrected chi connectivity index (χ0v) is 11.9. The zero-order valence-electron chi connectivity index (χ0n) is 11.2. The van der Waals surface area contributed by atoms with Gasteiger partial charge in [-0.25, -0.2) is 8.78 Å². The Morgan fingerprint density at radius 3 is 2.48 bits per heavy atom. The second-order valence-electron chi connectivity index (χ2n) is 4.61. The van der Waals surface area contributed by atoms with Crippen molar-refractivity contribution in [2.75, 3.05) is 6.61 Å². The molecule has 2 rings (SSSR count). The van der Waals surface area contributed by atoms with Crippen LogP contribution in [-0.2, 0) is 6.42 Å². The molecule has 21 heavy (non-hydrogen) atoms. The molecule has 0 spiro atoms. The Balaban J connectivity index is 1.96. The Morgan fingerprint density at radius 2 is 1.86 bits per heavy atom. The third-order valence-electron chi connectivity index (χ3n) is 2.89. The van der Waals surface area contributed by atoms with Crippen LogP contribution in [-0.4, -0.2) is 12.6 Å². The maximum Gasteiger partial charge on any atom is 0.126 e. The predicted molar refractivity (Wildman–Crippen MR) is 78.1 cm³/mol. The van der Waals surface area contributed by atoms with E-state index >= 15 is 0 Å². The van der Waals surface area contributed by atoms with Crippen molar-refractivity contribution in [3.8, 4) is 5.75 Å². The molecule has 3 N–H and O–H groups in total. The van der Waals surface area contributed by atoms with Gasteiger partial charge in [0, 0.05) is 11.1 Å². The van der Waals surface area contributed by atoms with Crippen molar-refractivity contribution in [3.63, 3.8) is 0 Å². The number of ether oxygens (including phenoxy) is 1. The number of hydrogen-bond donors (Lipinski definition) is 2. The van der Waals surface area contributed by atoms with Crippen molar-refractivity contribution >= 4 is 11.6 Å². The summed E-state index contributed by atoms with van der Waals surface area (Å²) in [6.45, 7) is 0.245. The van der Waals surface area contributed by atoms with Crippen molar-refractivity contribution in [3.05, 3.63) is 64.7 Å². The molecule has 3 nitrogen and oxygen atoms in total. The molecule has 0 radical (unpaired) electrons. The minimum absolute atomic E-state index is 0.245. The van der Waals surface area contributed by atoms with Crippen LogP contribution in [0.25, 0.3) is 0 Å². The van der Waals surface area contributed by atoms with Crippen LogP contribution in [0.5, 0.6) is 5.75 Å². The van der Waals surface area contributed by atoms with Gasteiger partial charge >= 0.3 is 0 Å². The number of hydrogen-bond acceptors (Lipinski definition) is 3. The Bertz CT molecular complexity index is 590. The van der Waals surface area contributed by atoms with Crippen LogP contribution >= 0.6 is 11.6 Å². The first-order chi connectivity index (χ1) is 10.1. The maximum absolute atomic E-state index is 13.1. The first kappa shape index (κ1) is 15.7. The van der Waals surface area contributed by atoms with E-state index in [0.717, 1.165) is 6.07 Å². The van der Waals surface area contributed by atoms with Gasteiger partial charge in [0.25, 0.3) is 0 Å². The average molecular weight is 313 g/mol. The van der Waals surface area contributed by atoms with Gasteiger partial charge < -0.3 is 4.74 Å². The molecule has 2 aromatic carbocycles. The number of rotatable bonds is 6. The SMILES string of the molecule is NNC(COc1cccc(Cl)c1)Cc1cc(F)cc(F)c1. The highest BCUT2D eigenvalue weighted by Crippen LogP contribution is 2.17. The molecular formula is C15H15ClF2N2O. The Morgan fingerprint density at radius 1 is 1.14 bits per heavy atom. The largest absolute Gasteiger partial charge is 0.492 e. The molecule has 0 aliphatic heterocycles. The molecule has 0 aliphatic rings. The van der Waals surface area contributed by atoms with E-state index in [1.807, 2.05) is 0 Å². The molecule has 0 amide bonds. The van der Waals surface area contributed by atoms with E-state index in [1.54, 1.807) is 24.3 Å². The Kier molecular flexibility index (Phi) is 5.50. The summed E-state index contributed by atoms with van der Waals surface area (Å²) in [5, 5.41) is 0.567. The maximum atomic E-state index is 13.1. The lowest BCUT2D eigenvalue weighted by Crippen LogP contribution is -2.41. The van der Waals surface area contributed by atoms with Gasteiger partial charge in [-0.05, 0) is 42.3 Å². The van der Waals surface area contributed by atoms with Gasteiger partial charge in [-0.1, -0.05) is 17.7 Å². The highest BCUT2D eigenvalue weighted by atomic mass is 35.5. The van der Waals surface area contributed by atoms with E-state index in [2.05, 4.69) is 5.43 Å². The first-order valence-electron chi connectivity index (χ1n) is 6.36. The molecule has 0 aromatic heterocycles. The molecular weight excluding hydrogens is 298 g/mol. The molecule has 0 heterocycles. The number of nitrogens with two attached hydrogens (primary N) is 1. The third kappa shape index (κ3) is 4.97. The van der Waals surface area contributed by atoms with E-state index in [0.29, 0.717) is 22.8 Å². The van der Waals surface area contributed by atoms with Crippen molar-refractivity contribution in [1.82, 2.24) is 5.43 Å². The summed E-state index contributed by atoms with van der Waals surface area (Å²) in [6.07, 6.45) is 0.339. The first-order valence-corrected chi connectivity index (χ1v) is 6.74. The minimum Gasteiger partial charge on any atom is -0.492 e. The van der Waals surface area contributed by atoms with Crippen LogP contribution in [0.3, 0.4) is 0 Å². The molecule has 0 fully saturated rings. The van der Waals surface area contributed by atoms with Crippen LogP contribution in [0.1, 0.15) is 5.56 Å². The molecule has 1 unspecified atom stereocenters. The monoisotopic (exact) mass is 312 g/mol. The molecule has 2 aromatic rings. The van der Waals surface area contributed by atoms with Crippen LogP contribution < -0.4 is 16.0 Å². The van der Waals surface area contributed by atoms with Crippen LogP contribution in [0.4, 0.5) is 8.78 Å². The number of halogens is 3. The van der Waals surface area contributed by atoms with E-state index < -0.39 is 11.6 Å². The fourth-order valence-corrected chi connectivity index (χ4v) is 2.11. The molecule has 6 heteroatoms. The van der Waals surface area contributed by atoms with Crippen LogP contribution in [0.2, 0.25) is 5.02 Å². The second-order valence-corrected chi connectivity index (χ2v) is 5.05. The van der Waals surface area contributed by atoms with Crippen molar-refractivity contribution < 1.29 is 13.5 Å². The number of benzene rings is 2. The lowest BCUT2D eigenvalue weighted by Gasteiger charge is -2.17. The number of hydrazine groups is 1. The van der Waals surface area contributed by atoms with Gasteiger partial charge in [0.1, 0.15) is 24.0 Å². The summed E-state index contributed by atoms with van der Waals surface area (Å²) in [5.41, 5.74) is 3.08. The topological polar surface area (TPSA) is 47.3 Å². The fraction of sp³-hybridized carbons (Fsp3) is 0.200. The molecule has 0 aliphatic carbocycles. The zero-order chi connectivity index (χ0) is 15.2. The smallest absolute Gasteiger partial charge is 0.126 e. The van der Waals surface area contributed by atoms with Crippen LogP contribution in [0, 0.1) is 11.6 Å². The summed E-state index contributed by atoms with van der Waals surface area (Å²) < 4.78 is 31.8. The minimum atomic E-state index is -0.614. The van der Waals surface area contributed by atoms with E-state index in [4.69, 9.17) is 22.2 Å².